The maximum Gasteiger partial charge on any atom is 0.0156 e. The van der Waals surface area contributed by atoms with Gasteiger partial charge in [-0.1, -0.05) is 30.3 Å². The van der Waals surface area contributed by atoms with Crippen molar-refractivity contribution in [3.8, 4) is 0 Å². The van der Waals surface area contributed by atoms with Crippen LogP contribution in [-0.4, -0.2) is 29.6 Å². The minimum Gasteiger partial charge on any atom is -0.328 e. The summed E-state index contributed by atoms with van der Waals surface area (Å²) in [4.78, 5) is 2.61. The molecule has 0 spiro atoms. The van der Waals surface area contributed by atoms with Crippen LogP contribution in [-0.2, 0) is 6.42 Å². The lowest BCUT2D eigenvalue weighted by atomic mass is 9.90. The fraction of sp³-hybridized carbons (Fsp3) is 0.625. The van der Waals surface area contributed by atoms with Crippen LogP contribution in [0.4, 0.5) is 0 Å². The molecule has 2 nitrogen and oxygen atoms in total. The number of nitrogens with two attached hydrogens (primary N) is 1. The van der Waals surface area contributed by atoms with Crippen LogP contribution in [0, 0.1) is 0 Å². The van der Waals surface area contributed by atoms with E-state index in [0.29, 0.717) is 6.04 Å². The molecule has 1 aliphatic rings. The van der Waals surface area contributed by atoms with E-state index >= 15 is 0 Å². The molecule has 1 saturated heterocycles. The van der Waals surface area contributed by atoms with Crippen molar-refractivity contribution in [1.82, 2.24) is 4.90 Å². The molecule has 0 aliphatic carbocycles. The number of likely N-dealkylation sites (tertiary alicyclic amines) is 1. The monoisotopic (exact) mass is 246 g/mol. The van der Waals surface area contributed by atoms with Crippen LogP contribution in [0.15, 0.2) is 30.3 Å². The third-order valence-electron chi connectivity index (χ3n) is 4.26. The van der Waals surface area contributed by atoms with E-state index in [2.05, 4.69) is 49.1 Å². The molecular formula is C16H26N2. The zero-order valence-electron chi connectivity index (χ0n) is 11.7. The predicted molar refractivity (Wildman–Crippen MR) is 77.6 cm³/mol. The lowest BCUT2D eigenvalue weighted by Crippen LogP contribution is -2.50. The highest BCUT2D eigenvalue weighted by atomic mass is 15.2. The fourth-order valence-electron chi connectivity index (χ4n) is 2.76. The second kappa shape index (κ2) is 5.85. The van der Waals surface area contributed by atoms with Crippen molar-refractivity contribution in [3.05, 3.63) is 35.9 Å². The summed E-state index contributed by atoms with van der Waals surface area (Å²) in [6.45, 7) is 7.05. The number of hydrogen-bond acceptors (Lipinski definition) is 2. The van der Waals surface area contributed by atoms with Gasteiger partial charge >= 0.3 is 0 Å². The minimum absolute atomic E-state index is 0.288. The second-order valence-corrected chi connectivity index (χ2v) is 6.12. The van der Waals surface area contributed by atoms with Crippen molar-refractivity contribution in [2.24, 2.45) is 5.73 Å². The summed E-state index contributed by atoms with van der Waals surface area (Å²) in [6, 6.07) is 11.2. The topological polar surface area (TPSA) is 29.3 Å². The number of hydrogen-bond donors (Lipinski definition) is 1. The summed E-state index contributed by atoms with van der Waals surface area (Å²) in [6.07, 6.45) is 4.67. The molecule has 100 valence electrons. The Hall–Kier alpha value is -0.860. The number of nitrogens with zero attached hydrogens (tertiary/aromatic N) is 1. The Morgan fingerprint density at radius 3 is 2.39 bits per heavy atom. The van der Waals surface area contributed by atoms with Gasteiger partial charge < -0.3 is 5.73 Å². The maximum absolute atomic E-state index is 5.98. The van der Waals surface area contributed by atoms with E-state index in [9.17, 15) is 0 Å². The first kappa shape index (κ1) is 13.6. The molecule has 0 radical (unpaired) electrons. The van der Waals surface area contributed by atoms with Crippen LogP contribution in [0.2, 0.25) is 0 Å². The molecular weight excluding hydrogens is 220 g/mol. The van der Waals surface area contributed by atoms with Crippen LogP contribution in [0.1, 0.15) is 38.7 Å². The molecule has 0 saturated carbocycles. The Balaban J connectivity index is 1.87. The van der Waals surface area contributed by atoms with Crippen LogP contribution in [0.3, 0.4) is 0 Å². The molecule has 2 rings (SSSR count). The van der Waals surface area contributed by atoms with E-state index in [0.717, 1.165) is 32.4 Å². The Labute approximate surface area is 111 Å². The van der Waals surface area contributed by atoms with Crippen LogP contribution < -0.4 is 5.73 Å². The molecule has 0 atom stereocenters. The van der Waals surface area contributed by atoms with Gasteiger partial charge in [0, 0.05) is 24.7 Å². The summed E-state index contributed by atoms with van der Waals surface area (Å²) < 4.78 is 0. The summed E-state index contributed by atoms with van der Waals surface area (Å²) in [5, 5.41) is 0. The smallest absolute Gasteiger partial charge is 0.0156 e. The summed E-state index contributed by atoms with van der Waals surface area (Å²) in [5.74, 6) is 0. The fourth-order valence-corrected chi connectivity index (χ4v) is 2.76. The van der Waals surface area contributed by atoms with E-state index in [-0.39, 0.29) is 5.54 Å². The van der Waals surface area contributed by atoms with Gasteiger partial charge in [-0.2, -0.15) is 0 Å². The number of rotatable bonds is 4. The van der Waals surface area contributed by atoms with Gasteiger partial charge in [-0.25, -0.2) is 0 Å². The molecule has 1 heterocycles. The van der Waals surface area contributed by atoms with E-state index in [4.69, 9.17) is 5.73 Å². The van der Waals surface area contributed by atoms with Crippen molar-refractivity contribution in [1.29, 1.82) is 0 Å². The average molecular weight is 246 g/mol. The van der Waals surface area contributed by atoms with Gasteiger partial charge in [0.15, 0.2) is 0 Å². The lowest BCUT2D eigenvalue weighted by Gasteiger charge is -2.42. The Kier molecular flexibility index (Phi) is 4.41. The third-order valence-corrected chi connectivity index (χ3v) is 4.26. The van der Waals surface area contributed by atoms with Gasteiger partial charge in [-0.15, -0.1) is 0 Å². The molecule has 0 aromatic heterocycles. The highest BCUT2D eigenvalue weighted by Gasteiger charge is 2.29. The Morgan fingerprint density at radius 2 is 1.78 bits per heavy atom. The molecule has 0 bridgehead atoms. The van der Waals surface area contributed by atoms with Crippen molar-refractivity contribution in [2.75, 3.05) is 13.1 Å². The van der Waals surface area contributed by atoms with Gasteiger partial charge in [0.1, 0.15) is 0 Å². The van der Waals surface area contributed by atoms with E-state index in [1.165, 1.54) is 12.0 Å². The van der Waals surface area contributed by atoms with Gasteiger partial charge in [0.25, 0.3) is 0 Å². The van der Waals surface area contributed by atoms with Gasteiger partial charge in [0.05, 0.1) is 0 Å². The molecule has 1 aromatic carbocycles. The molecule has 0 unspecified atom stereocenters. The highest BCUT2D eigenvalue weighted by molar-refractivity contribution is 5.15. The first-order valence-electron chi connectivity index (χ1n) is 7.12. The van der Waals surface area contributed by atoms with Crippen LogP contribution in [0.5, 0.6) is 0 Å². The normalized spacial score (nSPS) is 19.1. The summed E-state index contributed by atoms with van der Waals surface area (Å²) >= 11 is 0. The molecule has 0 amide bonds. The predicted octanol–water partition coefficient (Wildman–Crippen LogP) is 2.82. The SMILES string of the molecule is CC(C)(CCc1ccccc1)N1CCC(N)CC1. The van der Waals surface area contributed by atoms with Gasteiger partial charge in [-0.3, -0.25) is 4.90 Å². The summed E-state index contributed by atoms with van der Waals surface area (Å²) in [5.41, 5.74) is 7.71. The van der Waals surface area contributed by atoms with E-state index in [1.807, 2.05) is 0 Å². The number of aryl methyl sites for hydroxylation is 1. The average Bonchev–Trinajstić information content (AvgIpc) is 2.38. The summed E-state index contributed by atoms with van der Waals surface area (Å²) in [7, 11) is 0. The molecule has 2 heteroatoms. The molecule has 2 N–H and O–H groups in total. The van der Waals surface area contributed by atoms with E-state index < -0.39 is 0 Å². The largest absolute Gasteiger partial charge is 0.328 e. The van der Waals surface area contributed by atoms with Crippen molar-refractivity contribution < 1.29 is 0 Å². The van der Waals surface area contributed by atoms with Gasteiger partial charge in [0.2, 0.25) is 0 Å². The van der Waals surface area contributed by atoms with Crippen LogP contribution in [0.25, 0.3) is 0 Å². The second-order valence-electron chi connectivity index (χ2n) is 6.12. The zero-order valence-corrected chi connectivity index (χ0v) is 11.7. The number of benzene rings is 1. The van der Waals surface area contributed by atoms with Crippen molar-refractivity contribution >= 4 is 0 Å². The Bertz CT molecular complexity index is 351. The first-order valence-corrected chi connectivity index (χ1v) is 7.12. The molecule has 1 aromatic rings. The zero-order chi connectivity index (χ0) is 13.0. The minimum atomic E-state index is 0.288. The molecule has 1 aliphatic heterocycles. The standard InChI is InChI=1S/C16H26N2/c1-16(2,18-12-9-15(17)10-13-18)11-8-14-6-4-3-5-7-14/h3-7,15H,8-13,17H2,1-2H3. The third kappa shape index (κ3) is 3.56. The molecule has 1 fully saturated rings. The van der Waals surface area contributed by atoms with Crippen molar-refractivity contribution in [3.63, 3.8) is 0 Å². The first-order chi connectivity index (χ1) is 8.58. The molecule has 18 heavy (non-hydrogen) atoms. The highest BCUT2D eigenvalue weighted by Crippen LogP contribution is 2.24. The number of piperidine rings is 1. The van der Waals surface area contributed by atoms with Gasteiger partial charge in [-0.05, 0) is 45.1 Å². The Morgan fingerprint density at radius 1 is 1.17 bits per heavy atom. The maximum atomic E-state index is 5.98. The lowest BCUT2D eigenvalue weighted by molar-refractivity contribution is 0.0819. The van der Waals surface area contributed by atoms with Crippen molar-refractivity contribution in [2.45, 2.75) is 51.1 Å². The van der Waals surface area contributed by atoms with E-state index in [1.54, 1.807) is 0 Å². The quantitative estimate of drug-likeness (QED) is 0.885. The van der Waals surface area contributed by atoms with Crippen LogP contribution >= 0.6 is 0 Å².